The lowest BCUT2D eigenvalue weighted by molar-refractivity contribution is -0.122. The standard InChI is InChI=1S/C16H19N3O/c1-11-13(10-18-19(11)2)9-17-16(20)15-8-14(15)12-6-4-3-5-7-12/h3-7,10,14-15H,8-9H2,1-2H3,(H,17,20)/t14-,15-/m0/s1. The summed E-state index contributed by atoms with van der Waals surface area (Å²) in [5, 5.41) is 7.21. The number of nitrogens with zero attached hydrogens (tertiary/aromatic N) is 2. The van der Waals surface area contributed by atoms with Crippen molar-refractivity contribution in [3.8, 4) is 0 Å². The number of hydrogen-bond donors (Lipinski definition) is 1. The summed E-state index contributed by atoms with van der Waals surface area (Å²) in [6.45, 7) is 2.58. The van der Waals surface area contributed by atoms with Gasteiger partial charge in [-0.1, -0.05) is 30.3 Å². The number of aryl methyl sites for hydroxylation is 1. The monoisotopic (exact) mass is 269 g/mol. The summed E-state index contributed by atoms with van der Waals surface area (Å²) in [5.74, 6) is 0.683. The quantitative estimate of drug-likeness (QED) is 0.924. The number of hydrogen-bond acceptors (Lipinski definition) is 2. The minimum Gasteiger partial charge on any atom is -0.352 e. The summed E-state index contributed by atoms with van der Waals surface area (Å²) in [7, 11) is 1.91. The first-order valence-electron chi connectivity index (χ1n) is 6.97. The fourth-order valence-corrected chi connectivity index (χ4v) is 2.58. The maximum Gasteiger partial charge on any atom is 0.224 e. The highest BCUT2D eigenvalue weighted by Gasteiger charge is 2.43. The van der Waals surface area contributed by atoms with E-state index in [0.717, 1.165) is 17.7 Å². The first-order valence-corrected chi connectivity index (χ1v) is 6.97. The Kier molecular flexibility index (Phi) is 3.30. The van der Waals surface area contributed by atoms with Crippen LogP contribution in [0.2, 0.25) is 0 Å². The molecule has 1 aromatic heterocycles. The molecule has 1 amide bonds. The number of carbonyl (C=O) groups excluding carboxylic acids is 1. The number of amides is 1. The van der Waals surface area contributed by atoms with Crippen molar-refractivity contribution in [2.75, 3.05) is 0 Å². The summed E-state index contributed by atoms with van der Waals surface area (Å²) in [6, 6.07) is 10.3. The van der Waals surface area contributed by atoms with Gasteiger partial charge in [-0.15, -0.1) is 0 Å². The van der Waals surface area contributed by atoms with Gasteiger partial charge in [0.1, 0.15) is 0 Å². The van der Waals surface area contributed by atoms with Crippen molar-refractivity contribution >= 4 is 5.91 Å². The largest absolute Gasteiger partial charge is 0.352 e. The Morgan fingerprint density at radius 2 is 2.15 bits per heavy atom. The van der Waals surface area contributed by atoms with E-state index in [2.05, 4.69) is 22.5 Å². The second kappa shape index (κ2) is 5.12. The Morgan fingerprint density at radius 3 is 2.80 bits per heavy atom. The lowest BCUT2D eigenvalue weighted by Crippen LogP contribution is -2.25. The third kappa shape index (κ3) is 2.46. The number of carbonyl (C=O) groups is 1. The molecule has 4 nitrogen and oxygen atoms in total. The van der Waals surface area contributed by atoms with Gasteiger partial charge in [0, 0.05) is 30.8 Å². The molecule has 1 aliphatic carbocycles. The molecule has 1 aliphatic rings. The van der Waals surface area contributed by atoms with Crippen molar-refractivity contribution < 1.29 is 4.79 Å². The SMILES string of the molecule is Cc1c(CNC(=O)[C@H]2C[C@H]2c2ccccc2)cnn1C. The number of benzene rings is 1. The lowest BCUT2D eigenvalue weighted by Gasteiger charge is -2.05. The molecule has 0 unspecified atom stereocenters. The molecule has 4 heteroatoms. The number of nitrogens with one attached hydrogen (secondary N) is 1. The average Bonchev–Trinajstić information content (AvgIpc) is 3.21. The van der Waals surface area contributed by atoms with Gasteiger partial charge in [0.2, 0.25) is 5.91 Å². The molecule has 0 spiro atoms. The van der Waals surface area contributed by atoms with Gasteiger partial charge >= 0.3 is 0 Å². The molecule has 1 aromatic carbocycles. The van der Waals surface area contributed by atoms with Crippen LogP contribution in [0.25, 0.3) is 0 Å². The average molecular weight is 269 g/mol. The van der Waals surface area contributed by atoms with Crippen molar-refractivity contribution in [3.05, 3.63) is 53.3 Å². The molecule has 0 radical (unpaired) electrons. The van der Waals surface area contributed by atoms with Crippen molar-refractivity contribution in [1.29, 1.82) is 0 Å². The first-order chi connectivity index (χ1) is 9.66. The van der Waals surface area contributed by atoms with Crippen LogP contribution in [-0.2, 0) is 18.4 Å². The third-order valence-corrected chi connectivity index (χ3v) is 4.14. The Hall–Kier alpha value is -2.10. The molecule has 1 fully saturated rings. The van der Waals surface area contributed by atoms with Crippen LogP contribution in [0, 0.1) is 12.8 Å². The van der Waals surface area contributed by atoms with Crippen LogP contribution >= 0.6 is 0 Å². The minimum atomic E-state index is 0.134. The highest BCUT2D eigenvalue weighted by atomic mass is 16.2. The first kappa shape index (κ1) is 12.9. The van der Waals surface area contributed by atoms with Gasteiger partial charge in [-0.2, -0.15) is 5.10 Å². The fraction of sp³-hybridized carbons (Fsp3) is 0.375. The number of aromatic nitrogens is 2. The molecule has 0 aliphatic heterocycles. The molecule has 20 heavy (non-hydrogen) atoms. The summed E-state index contributed by atoms with van der Waals surface area (Å²) < 4.78 is 1.82. The van der Waals surface area contributed by atoms with E-state index in [4.69, 9.17) is 0 Å². The van der Waals surface area contributed by atoms with Gasteiger partial charge in [0.15, 0.2) is 0 Å². The van der Waals surface area contributed by atoms with Crippen LogP contribution in [0.3, 0.4) is 0 Å². The van der Waals surface area contributed by atoms with Gasteiger partial charge in [-0.05, 0) is 24.8 Å². The summed E-state index contributed by atoms with van der Waals surface area (Å²) in [6.07, 6.45) is 2.78. The summed E-state index contributed by atoms with van der Waals surface area (Å²) in [4.78, 5) is 12.1. The van der Waals surface area contributed by atoms with E-state index >= 15 is 0 Å². The normalized spacial score (nSPS) is 20.7. The molecule has 1 saturated carbocycles. The van der Waals surface area contributed by atoms with Gasteiger partial charge in [-0.3, -0.25) is 9.48 Å². The molecule has 2 atom stereocenters. The van der Waals surface area contributed by atoms with E-state index < -0.39 is 0 Å². The van der Waals surface area contributed by atoms with E-state index in [0.29, 0.717) is 12.5 Å². The Morgan fingerprint density at radius 1 is 1.40 bits per heavy atom. The second-order valence-corrected chi connectivity index (χ2v) is 5.46. The predicted molar refractivity (Wildman–Crippen MR) is 77.1 cm³/mol. The highest BCUT2D eigenvalue weighted by molar-refractivity contribution is 5.82. The van der Waals surface area contributed by atoms with Gasteiger partial charge in [-0.25, -0.2) is 0 Å². The van der Waals surface area contributed by atoms with Gasteiger partial charge in [0.05, 0.1) is 6.20 Å². The zero-order valence-corrected chi connectivity index (χ0v) is 11.8. The molecular formula is C16H19N3O. The Balaban J connectivity index is 1.55. The van der Waals surface area contributed by atoms with Crippen LogP contribution in [-0.4, -0.2) is 15.7 Å². The Bertz CT molecular complexity index is 618. The molecule has 2 aromatic rings. The summed E-state index contributed by atoms with van der Waals surface area (Å²) >= 11 is 0. The molecule has 1 heterocycles. The molecule has 3 rings (SSSR count). The van der Waals surface area contributed by atoms with Crippen LogP contribution in [0.4, 0.5) is 0 Å². The zero-order valence-electron chi connectivity index (χ0n) is 11.8. The van der Waals surface area contributed by atoms with Crippen LogP contribution in [0.5, 0.6) is 0 Å². The van der Waals surface area contributed by atoms with Crippen molar-refractivity contribution in [2.24, 2.45) is 13.0 Å². The van der Waals surface area contributed by atoms with E-state index in [-0.39, 0.29) is 11.8 Å². The topological polar surface area (TPSA) is 46.9 Å². The van der Waals surface area contributed by atoms with Gasteiger partial charge in [0.25, 0.3) is 0 Å². The molecule has 1 N–H and O–H groups in total. The van der Waals surface area contributed by atoms with Crippen LogP contribution in [0.15, 0.2) is 36.5 Å². The van der Waals surface area contributed by atoms with Crippen molar-refractivity contribution in [2.45, 2.75) is 25.8 Å². The predicted octanol–water partition coefficient (Wildman–Crippen LogP) is 2.15. The summed E-state index contributed by atoms with van der Waals surface area (Å²) in [5.41, 5.74) is 3.45. The zero-order chi connectivity index (χ0) is 14.1. The van der Waals surface area contributed by atoms with E-state index in [1.165, 1.54) is 5.56 Å². The van der Waals surface area contributed by atoms with Gasteiger partial charge < -0.3 is 5.32 Å². The minimum absolute atomic E-state index is 0.134. The maximum absolute atomic E-state index is 12.1. The van der Waals surface area contributed by atoms with Crippen molar-refractivity contribution in [1.82, 2.24) is 15.1 Å². The maximum atomic E-state index is 12.1. The van der Waals surface area contributed by atoms with Crippen LogP contribution in [0.1, 0.15) is 29.2 Å². The van der Waals surface area contributed by atoms with Crippen LogP contribution < -0.4 is 5.32 Å². The molecule has 104 valence electrons. The van der Waals surface area contributed by atoms with E-state index in [9.17, 15) is 4.79 Å². The van der Waals surface area contributed by atoms with E-state index in [1.807, 2.05) is 43.0 Å². The highest BCUT2D eigenvalue weighted by Crippen LogP contribution is 2.47. The fourth-order valence-electron chi connectivity index (χ4n) is 2.58. The lowest BCUT2D eigenvalue weighted by atomic mass is 10.1. The number of rotatable bonds is 4. The molecular weight excluding hydrogens is 250 g/mol. The molecule has 0 saturated heterocycles. The Labute approximate surface area is 118 Å². The molecule has 0 bridgehead atoms. The van der Waals surface area contributed by atoms with E-state index in [1.54, 1.807) is 0 Å². The van der Waals surface area contributed by atoms with Crippen molar-refractivity contribution in [3.63, 3.8) is 0 Å². The smallest absolute Gasteiger partial charge is 0.224 e. The third-order valence-electron chi connectivity index (χ3n) is 4.14. The second-order valence-electron chi connectivity index (χ2n) is 5.46.